The lowest BCUT2D eigenvalue weighted by atomic mass is 9.91. The van der Waals surface area contributed by atoms with Gasteiger partial charge < -0.3 is 33.9 Å². The molecule has 4 aromatic rings. The van der Waals surface area contributed by atoms with E-state index in [1.165, 1.54) is 5.56 Å². The van der Waals surface area contributed by atoms with Crippen LogP contribution >= 0.6 is 37.2 Å². The second-order valence-corrected chi connectivity index (χ2v) is 18.7. The van der Waals surface area contributed by atoms with Crippen molar-refractivity contribution in [2.45, 2.75) is 64.3 Å². The number of ether oxygens (including phenoxy) is 4. The Morgan fingerprint density at radius 1 is 0.836 bits per heavy atom. The molecule has 6 heterocycles. The topological polar surface area (TPSA) is 128 Å². The Morgan fingerprint density at radius 2 is 1.54 bits per heavy atom. The van der Waals surface area contributed by atoms with Gasteiger partial charge in [0.25, 0.3) is 11.8 Å². The van der Waals surface area contributed by atoms with Crippen molar-refractivity contribution in [3.8, 4) is 17.2 Å². The number of fused-ring (bicyclic) bond motifs is 4. The van der Waals surface area contributed by atoms with Crippen LogP contribution in [0.15, 0.2) is 90.6 Å². The van der Waals surface area contributed by atoms with Crippen LogP contribution in [0.2, 0.25) is 0 Å². The molecule has 2 saturated heterocycles. The third-order valence-electron chi connectivity index (χ3n) is 13.3. The smallest absolute Gasteiger partial charge is 0.311 e. The zero-order valence-corrected chi connectivity index (χ0v) is 40.7. The summed E-state index contributed by atoms with van der Waals surface area (Å²) in [5.74, 6) is -0.184. The van der Waals surface area contributed by atoms with Gasteiger partial charge in [0.2, 0.25) is 6.79 Å². The lowest BCUT2D eigenvalue weighted by Gasteiger charge is -2.43. The number of likely N-dealkylation sites (N-methyl/N-ethyl adjacent to an activating group) is 1. The van der Waals surface area contributed by atoms with Crippen LogP contribution in [-0.4, -0.2) is 121 Å². The van der Waals surface area contributed by atoms with Crippen molar-refractivity contribution in [3.63, 3.8) is 0 Å². The van der Waals surface area contributed by atoms with Crippen LogP contribution in [0, 0.1) is 5.92 Å². The molecule has 0 radical (unpaired) electrons. The van der Waals surface area contributed by atoms with E-state index >= 15 is 9.59 Å². The summed E-state index contributed by atoms with van der Waals surface area (Å²) in [5, 5.41) is 14.4. The molecule has 4 aromatic carbocycles. The number of benzene rings is 4. The van der Waals surface area contributed by atoms with Crippen LogP contribution in [0.3, 0.4) is 0 Å². The fourth-order valence-electron chi connectivity index (χ4n) is 10.1. The van der Waals surface area contributed by atoms with E-state index in [0.29, 0.717) is 79.0 Å². The summed E-state index contributed by atoms with van der Waals surface area (Å²) in [4.78, 5) is 53.1. The number of hydrogen-bond donors (Lipinski definition) is 1. The van der Waals surface area contributed by atoms with Crippen molar-refractivity contribution in [2.24, 2.45) is 5.92 Å². The molecule has 10 rings (SSSR count). The number of carbonyl (C=O) groups is 3. The fourth-order valence-corrected chi connectivity index (χ4v) is 10.1. The molecular formula is C50H59Cl3N6O8. The van der Waals surface area contributed by atoms with Gasteiger partial charge in [-0.15, -0.1) is 37.2 Å². The average Bonchev–Trinajstić information content (AvgIpc) is 4.02. The Morgan fingerprint density at radius 3 is 2.27 bits per heavy atom. The van der Waals surface area contributed by atoms with Gasteiger partial charge in [-0.2, -0.15) is 0 Å². The molecule has 14 nitrogen and oxygen atoms in total. The zero-order valence-electron chi connectivity index (χ0n) is 38.2. The number of esters is 1. The summed E-state index contributed by atoms with van der Waals surface area (Å²) in [5.41, 5.74) is 6.68. The molecule has 0 aliphatic carbocycles. The van der Waals surface area contributed by atoms with Crippen LogP contribution in [0.5, 0.6) is 17.2 Å². The lowest BCUT2D eigenvalue weighted by molar-refractivity contribution is -0.166. The molecule has 6 aliphatic heterocycles. The predicted octanol–water partition coefficient (Wildman–Crippen LogP) is 7.46. The molecule has 2 unspecified atom stereocenters. The minimum Gasteiger partial charge on any atom is -0.508 e. The molecule has 0 saturated carbocycles. The first-order valence-electron chi connectivity index (χ1n) is 22.5. The number of halogens is 3. The van der Waals surface area contributed by atoms with Crippen LogP contribution in [-0.2, 0) is 38.4 Å². The van der Waals surface area contributed by atoms with Crippen molar-refractivity contribution >= 4 is 72.1 Å². The highest BCUT2D eigenvalue weighted by molar-refractivity contribution is 6.11. The maximum atomic E-state index is 15.6. The molecular weight excluding hydrogens is 919 g/mol. The number of aromatic hydroxyl groups is 1. The van der Waals surface area contributed by atoms with Crippen molar-refractivity contribution in [3.05, 3.63) is 118 Å². The fraction of sp³-hybridized carbons (Fsp3) is 0.420. The average molecular weight is 978 g/mol. The van der Waals surface area contributed by atoms with Crippen molar-refractivity contribution in [1.82, 2.24) is 19.8 Å². The number of anilines is 3. The van der Waals surface area contributed by atoms with Crippen LogP contribution < -0.4 is 19.3 Å². The van der Waals surface area contributed by atoms with E-state index in [1.54, 1.807) is 29.2 Å². The highest BCUT2D eigenvalue weighted by atomic mass is 35.5. The highest BCUT2D eigenvalue weighted by Gasteiger charge is 2.46. The van der Waals surface area contributed by atoms with E-state index in [4.69, 9.17) is 18.9 Å². The quantitative estimate of drug-likeness (QED) is 0.176. The lowest BCUT2D eigenvalue weighted by Crippen LogP contribution is -2.52. The van der Waals surface area contributed by atoms with Gasteiger partial charge in [0.05, 0.1) is 25.2 Å². The van der Waals surface area contributed by atoms with E-state index in [2.05, 4.69) is 46.1 Å². The first kappa shape index (κ1) is 49.7. The van der Waals surface area contributed by atoms with E-state index in [-0.39, 0.29) is 80.1 Å². The SMILES string of the molecule is CN1CCc2cc(N(C(=O)C3=CC(c4cc5c(cc4C(=O)N4Cc6ccccc6C[C@H]4CN4CCOCC4)OCO5)N4CCC(C(=O)OC(C)(C)C)CN34)c3ccc(O)cc3)ccc21.Cl.Cl.Cl. The summed E-state index contributed by atoms with van der Waals surface area (Å²) >= 11 is 0. The van der Waals surface area contributed by atoms with Crippen LogP contribution in [0.4, 0.5) is 17.1 Å². The van der Waals surface area contributed by atoms with E-state index < -0.39 is 17.6 Å². The van der Waals surface area contributed by atoms with Gasteiger partial charge in [-0.25, -0.2) is 5.01 Å². The van der Waals surface area contributed by atoms with Gasteiger partial charge in [0.15, 0.2) is 11.5 Å². The Balaban J connectivity index is 0.00000222. The first-order chi connectivity index (χ1) is 30.9. The Bertz CT molecular complexity index is 2510. The molecule has 0 aromatic heterocycles. The van der Waals surface area contributed by atoms with Gasteiger partial charge >= 0.3 is 5.97 Å². The number of hydrogen-bond acceptors (Lipinski definition) is 12. The largest absolute Gasteiger partial charge is 0.508 e. The van der Waals surface area contributed by atoms with Crippen molar-refractivity contribution in [1.29, 1.82) is 0 Å². The zero-order chi connectivity index (χ0) is 44.3. The Hall–Kier alpha value is -5.22. The minimum atomic E-state index is -0.691. The maximum Gasteiger partial charge on any atom is 0.311 e. The van der Waals surface area contributed by atoms with Crippen LogP contribution in [0.25, 0.3) is 0 Å². The molecule has 67 heavy (non-hydrogen) atoms. The molecule has 0 bridgehead atoms. The van der Waals surface area contributed by atoms with Gasteiger partial charge in [-0.05, 0) is 123 Å². The number of rotatable bonds is 8. The van der Waals surface area contributed by atoms with E-state index in [1.807, 2.05) is 67.1 Å². The molecule has 1 N–H and O–H groups in total. The summed E-state index contributed by atoms with van der Waals surface area (Å²) in [7, 11) is 2.06. The Kier molecular flexibility index (Phi) is 15.0. The summed E-state index contributed by atoms with van der Waals surface area (Å²) in [6.07, 6.45) is 3.98. The number of phenols is 1. The third kappa shape index (κ3) is 9.88. The first-order valence-corrected chi connectivity index (χ1v) is 22.5. The molecule has 2 fully saturated rings. The molecule has 17 heteroatoms. The number of amides is 2. The van der Waals surface area contributed by atoms with Crippen LogP contribution in [0.1, 0.15) is 65.8 Å². The third-order valence-corrected chi connectivity index (χ3v) is 13.3. The maximum absolute atomic E-state index is 15.6. The van der Waals surface area contributed by atoms with Crippen molar-refractivity contribution < 1.29 is 38.4 Å². The molecule has 6 aliphatic rings. The molecule has 2 amide bonds. The van der Waals surface area contributed by atoms with Gasteiger partial charge in [-0.1, -0.05) is 24.3 Å². The number of morpholine rings is 1. The summed E-state index contributed by atoms with van der Waals surface area (Å²) < 4.78 is 23.5. The number of nitrogens with zero attached hydrogens (tertiary/aromatic N) is 6. The normalized spacial score (nSPS) is 20.9. The summed E-state index contributed by atoms with van der Waals surface area (Å²) in [6, 6.07) is 24.0. The van der Waals surface area contributed by atoms with Gasteiger partial charge in [0, 0.05) is 81.5 Å². The van der Waals surface area contributed by atoms with E-state index in [0.717, 1.165) is 49.3 Å². The minimum absolute atomic E-state index is 0. The molecule has 3 atom stereocenters. The number of carbonyl (C=O) groups excluding carboxylic acids is 3. The molecule has 358 valence electrons. The summed E-state index contributed by atoms with van der Waals surface area (Å²) in [6.45, 7) is 11.2. The second-order valence-electron chi connectivity index (χ2n) is 18.7. The highest BCUT2D eigenvalue weighted by Crippen LogP contribution is 2.46. The Labute approximate surface area is 410 Å². The van der Waals surface area contributed by atoms with Crippen molar-refractivity contribution in [2.75, 3.05) is 76.1 Å². The predicted molar refractivity (Wildman–Crippen MR) is 262 cm³/mol. The number of phenolic OH excluding ortho intramolecular Hbond substituents is 1. The number of hydrazine groups is 1. The van der Waals surface area contributed by atoms with Gasteiger partial charge in [0.1, 0.15) is 17.0 Å². The van der Waals surface area contributed by atoms with Gasteiger partial charge in [-0.3, -0.25) is 29.2 Å². The molecule has 0 spiro atoms. The monoisotopic (exact) mass is 976 g/mol. The van der Waals surface area contributed by atoms with E-state index in [9.17, 15) is 9.90 Å². The second kappa shape index (κ2) is 20.2. The standard InChI is InChI=1S/C50H56N6O8.3ClH/c1-50(2,3)64-49(60)35-16-18-54-43(27-44(55(54)29-35)48(59)56(36-9-12-39(57)13-10-36)37-11-14-42-33(24-37)15-17-51(42)4)40-25-45-46(63-31-62-45)26-41(40)47(58)53-28-34-8-6-5-7-32(34)23-38(53)30-52-19-21-61-22-20-52;;;/h5-14,24-27,35,38,43,57H,15-23,28-31H2,1-4H3;3*1H/t35?,38-,43?;;;/m0.../s1.